The van der Waals surface area contributed by atoms with Crippen molar-refractivity contribution in [1.82, 2.24) is 9.55 Å². The van der Waals surface area contributed by atoms with Gasteiger partial charge in [0.15, 0.2) is 5.60 Å². The third-order valence-corrected chi connectivity index (χ3v) is 7.00. The van der Waals surface area contributed by atoms with E-state index in [1.165, 1.54) is 0 Å². The van der Waals surface area contributed by atoms with E-state index < -0.39 is 11.6 Å². The van der Waals surface area contributed by atoms with E-state index in [2.05, 4.69) is 6.92 Å². The number of aliphatic hydroxyl groups is 1. The van der Waals surface area contributed by atoms with Crippen molar-refractivity contribution in [2.45, 2.75) is 58.3 Å². The number of halogens is 1. The molecule has 2 aromatic heterocycles. The second-order valence-corrected chi connectivity index (χ2v) is 8.90. The molecule has 4 heterocycles. The van der Waals surface area contributed by atoms with Gasteiger partial charge in [-0.05, 0) is 62.1 Å². The fourth-order valence-electron chi connectivity index (χ4n) is 5.07. The zero-order chi connectivity index (χ0) is 24.0. The van der Waals surface area contributed by atoms with Gasteiger partial charge in [0.1, 0.15) is 12.4 Å². The lowest BCUT2D eigenvalue weighted by Crippen LogP contribution is -2.44. The number of ether oxygens (including phenoxy) is 2. The maximum Gasteiger partial charge on any atom is 0.343 e. The molecule has 3 N–H and O–H groups in total. The van der Waals surface area contributed by atoms with Gasteiger partial charge in [-0.15, -0.1) is 12.4 Å². The van der Waals surface area contributed by atoms with Gasteiger partial charge in [0, 0.05) is 16.5 Å². The van der Waals surface area contributed by atoms with Crippen LogP contribution in [0.3, 0.4) is 0 Å². The number of benzene rings is 1. The Bertz CT molecular complexity index is 1370. The summed E-state index contributed by atoms with van der Waals surface area (Å²) < 4.78 is 12.7. The van der Waals surface area contributed by atoms with Crippen LogP contribution in [0.4, 0.5) is 0 Å². The minimum atomic E-state index is -1.83. The molecule has 2 aliphatic rings. The van der Waals surface area contributed by atoms with Crippen molar-refractivity contribution in [3.8, 4) is 17.1 Å². The Labute approximate surface area is 209 Å². The molecule has 0 fully saturated rings. The first-order chi connectivity index (χ1) is 16.4. The van der Waals surface area contributed by atoms with Gasteiger partial charge in [-0.25, -0.2) is 9.78 Å². The summed E-state index contributed by atoms with van der Waals surface area (Å²) in [6.07, 6.45) is 2.70. The number of cyclic esters (lactones) is 1. The van der Waals surface area contributed by atoms with Gasteiger partial charge >= 0.3 is 5.97 Å². The van der Waals surface area contributed by atoms with Crippen molar-refractivity contribution in [1.29, 1.82) is 0 Å². The zero-order valence-corrected chi connectivity index (χ0v) is 20.7. The first-order valence-electron chi connectivity index (χ1n) is 11.9. The third-order valence-electron chi connectivity index (χ3n) is 7.00. The molecule has 0 bridgehead atoms. The van der Waals surface area contributed by atoms with E-state index in [4.69, 9.17) is 20.2 Å². The molecule has 8 nitrogen and oxygen atoms in total. The SMILES string of the molecule is CCc1c2c(nc3ccc(OCCCCN)cc13)-c1cc3c(c(=O)n1C2)COC(=O)[C@]3(O)CC.Cl. The number of rotatable bonds is 7. The molecule has 186 valence electrons. The smallest absolute Gasteiger partial charge is 0.343 e. The van der Waals surface area contributed by atoms with Crippen molar-refractivity contribution in [2.75, 3.05) is 13.2 Å². The minimum absolute atomic E-state index is 0. The molecule has 0 spiro atoms. The van der Waals surface area contributed by atoms with Crippen LogP contribution in [0.15, 0.2) is 29.1 Å². The van der Waals surface area contributed by atoms with Crippen LogP contribution >= 0.6 is 12.4 Å². The molecular formula is C26H30ClN3O5. The molecule has 0 unspecified atom stereocenters. The van der Waals surface area contributed by atoms with E-state index in [0.717, 1.165) is 52.7 Å². The van der Waals surface area contributed by atoms with Gasteiger partial charge in [-0.3, -0.25) is 4.79 Å². The summed E-state index contributed by atoms with van der Waals surface area (Å²) in [7, 11) is 0. The van der Waals surface area contributed by atoms with E-state index in [-0.39, 0.29) is 31.0 Å². The highest BCUT2D eigenvalue weighted by molar-refractivity contribution is 5.90. The summed E-state index contributed by atoms with van der Waals surface area (Å²) in [5, 5.41) is 12.1. The van der Waals surface area contributed by atoms with E-state index in [9.17, 15) is 14.7 Å². The lowest BCUT2D eigenvalue weighted by Gasteiger charge is -2.31. The Kier molecular flexibility index (Phi) is 6.90. The molecule has 0 amide bonds. The molecule has 35 heavy (non-hydrogen) atoms. The topological polar surface area (TPSA) is 117 Å². The number of esters is 1. The molecular weight excluding hydrogens is 470 g/mol. The molecule has 3 aromatic rings. The summed E-state index contributed by atoms with van der Waals surface area (Å²) in [4.78, 5) is 30.7. The second kappa shape index (κ2) is 9.60. The fourth-order valence-corrected chi connectivity index (χ4v) is 5.07. The largest absolute Gasteiger partial charge is 0.494 e. The molecule has 0 saturated carbocycles. The van der Waals surface area contributed by atoms with Crippen LogP contribution in [0, 0.1) is 0 Å². The molecule has 1 aromatic carbocycles. The maximum atomic E-state index is 13.4. The molecule has 1 atom stereocenters. The quantitative estimate of drug-likeness (QED) is 0.296. The van der Waals surface area contributed by atoms with Crippen molar-refractivity contribution in [2.24, 2.45) is 5.73 Å². The normalized spacial score (nSPS) is 17.9. The van der Waals surface area contributed by atoms with Crippen LogP contribution < -0.4 is 16.0 Å². The number of hydrogen-bond donors (Lipinski definition) is 2. The molecule has 5 rings (SSSR count). The van der Waals surface area contributed by atoms with Crippen LogP contribution in [0.1, 0.15) is 55.4 Å². The van der Waals surface area contributed by atoms with Gasteiger partial charge in [-0.2, -0.15) is 0 Å². The predicted molar refractivity (Wildman–Crippen MR) is 135 cm³/mol. The summed E-state index contributed by atoms with van der Waals surface area (Å²) in [6.45, 7) is 5.30. The number of fused-ring (bicyclic) bond motifs is 5. The van der Waals surface area contributed by atoms with Crippen LogP contribution in [0.25, 0.3) is 22.3 Å². The van der Waals surface area contributed by atoms with Crippen LogP contribution in [-0.4, -0.2) is 33.8 Å². The first-order valence-corrected chi connectivity index (χ1v) is 11.9. The summed E-state index contributed by atoms with van der Waals surface area (Å²) in [6, 6.07) is 7.61. The Balaban J connectivity index is 0.00000289. The average Bonchev–Trinajstić information content (AvgIpc) is 3.21. The van der Waals surface area contributed by atoms with E-state index in [1.807, 2.05) is 18.2 Å². The first kappa shape index (κ1) is 25.2. The monoisotopic (exact) mass is 499 g/mol. The predicted octanol–water partition coefficient (Wildman–Crippen LogP) is 3.18. The molecule has 2 aliphatic heterocycles. The number of nitrogens with two attached hydrogens (primary N) is 1. The summed E-state index contributed by atoms with van der Waals surface area (Å²) in [5.41, 5.74) is 8.41. The lowest BCUT2D eigenvalue weighted by atomic mass is 9.86. The summed E-state index contributed by atoms with van der Waals surface area (Å²) >= 11 is 0. The number of carbonyl (C=O) groups excluding carboxylic acids is 1. The Morgan fingerprint density at radius 3 is 2.71 bits per heavy atom. The number of unbranched alkanes of at least 4 members (excludes halogenated alkanes) is 1. The van der Waals surface area contributed by atoms with Gasteiger partial charge in [0.2, 0.25) is 0 Å². The number of pyridine rings is 2. The average molecular weight is 500 g/mol. The Morgan fingerprint density at radius 1 is 1.20 bits per heavy atom. The summed E-state index contributed by atoms with van der Waals surface area (Å²) in [5.74, 6) is 0.0672. The Morgan fingerprint density at radius 2 is 2.00 bits per heavy atom. The zero-order valence-electron chi connectivity index (χ0n) is 19.9. The van der Waals surface area contributed by atoms with Crippen LogP contribution in [-0.2, 0) is 34.7 Å². The van der Waals surface area contributed by atoms with Crippen molar-refractivity contribution < 1.29 is 19.4 Å². The number of nitrogens with zero attached hydrogens (tertiary/aromatic N) is 2. The molecule has 0 aliphatic carbocycles. The maximum absolute atomic E-state index is 13.4. The Hall–Kier alpha value is -2.94. The van der Waals surface area contributed by atoms with Crippen molar-refractivity contribution in [3.05, 3.63) is 56.9 Å². The number of carbonyl (C=O) groups is 1. The minimum Gasteiger partial charge on any atom is -0.494 e. The van der Waals surface area contributed by atoms with Crippen LogP contribution in [0.2, 0.25) is 0 Å². The van der Waals surface area contributed by atoms with E-state index >= 15 is 0 Å². The van der Waals surface area contributed by atoms with Gasteiger partial charge in [0.05, 0.1) is 35.6 Å². The lowest BCUT2D eigenvalue weighted by molar-refractivity contribution is -0.172. The van der Waals surface area contributed by atoms with Gasteiger partial charge in [0.25, 0.3) is 5.56 Å². The van der Waals surface area contributed by atoms with E-state index in [1.54, 1.807) is 17.6 Å². The third kappa shape index (κ3) is 3.90. The van der Waals surface area contributed by atoms with Gasteiger partial charge in [-0.1, -0.05) is 13.8 Å². The van der Waals surface area contributed by atoms with E-state index in [0.29, 0.717) is 36.5 Å². The molecule has 0 radical (unpaired) electrons. The van der Waals surface area contributed by atoms with Crippen LogP contribution in [0.5, 0.6) is 5.75 Å². The van der Waals surface area contributed by atoms with Crippen molar-refractivity contribution in [3.63, 3.8) is 0 Å². The van der Waals surface area contributed by atoms with Gasteiger partial charge < -0.3 is 24.9 Å². The molecule has 0 saturated heterocycles. The number of hydrogen-bond acceptors (Lipinski definition) is 7. The fraction of sp³-hybridized carbons (Fsp3) is 0.423. The number of aromatic nitrogens is 2. The highest BCUT2D eigenvalue weighted by Gasteiger charge is 2.45. The number of aryl methyl sites for hydroxylation is 1. The highest BCUT2D eigenvalue weighted by atomic mass is 35.5. The standard InChI is InChI=1S/C26H29N3O5.ClH/c1-3-16-17-11-15(33-10-6-5-9-27)7-8-21(17)28-23-18(16)13-29-22(23)12-20-19(24(29)30)14-34-25(31)26(20,32)4-2;/h7-8,11-12,32H,3-6,9-10,13-14,27H2,1-2H3;1H/t26-;/m0./s1. The second-order valence-electron chi connectivity index (χ2n) is 8.90. The molecule has 9 heteroatoms. The highest BCUT2D eigenvalue weighted by Crippen LogP contribution is 2.40. The van der Waals surface area contributed by atoms with Crippen molar-refractivity contribution >= 4 is 29.3 Å².